The van der Waals surface area contributed by atoms with Gasteiger partial charge in [0.1, 0.15) is 23.0 Å². The highest BCUT2D eigenvalue weighted by Gasteiger charge is 2.41. The molecule has 1 aromatic heterocycles. The molecular formula is C32H49N5O7. The molecule has 0 saturated carbocycles. The standard InChI is InChI=1S/C32H49N5O7/c1-9-10-11-12-13-14-19-41-24-16-15-22(20-21(24)2)26-33-27(44-36-26)25-23(38)17-18-37(25)28(34-29(39)42-31(3,4)5)35-30(40)43-32(6,7)8/h15-16,20,23,25,38H,9-14,17-19H2,1-8H3,(H,34,35,39,40)/t23-,25+/m1/s1. The van der Waals surface area contributed by atoms with Crippen molar-refractivity contribution in [3.05, 3.63) is 29.7 Å². The van der Waals surface area contributed by atoms with E-state index in [-0.39, 0.29) is 18.4 Å². The van der Waals surface area contributed by atoms with E-state index in [1.165, 1.54) is 30.6 Å². The smallest absolute Gasteiger partial charge is 0.437 e. The minimum absolute atomic E-state index is 0.105. The lowest BCUT2D eigenvalue weighted by Crippen LogP contribution is -2.47. The van der Waals surface area contributed by atoms with Crippen LogP contribution in [0.2, 0.25) is 0 Å². The van der Waals surface area contributed by atoms with Gasteiger partial charge in [-0.3, -0.25) is 5.32 Å². The Hall–Kier alpha value is -3.67. The molecule has 44 heavy (non-hydrogen) atoms. The van der Waals surface area contributed by atoms with Crippen LogP contribution in [0.15, 0.2) is 27.7 Å². The second kappa shape index (κ2) is 15.4. The van der Waals surface area contributed by atoms with E-state index >= 15 is 0 Å². The van der Waals surface area contributed by atoms with E-state index in [4.69, 9.17) is 18.7 Å². The lowest BCUT2D eigenvalue weighted by atomic mass is 10.1. The van der Waals surface area contributed by atoms with Gasteiger partial charge in [0, 0.05) is 12.1 Å². The maximum atomic E-state index is 12.7. The highest BCUT2D eigenvalue weighted by Crippen LogP contribution is 2.33. The Morgan fingerprint density at radius 2 is 1.75 bits per heavy atom. The Labute approximate surface area is 260 Å². The average Bonchev–Trinajstić information content (AvgIpc) is 3.53. The van der Waals surface area contributed by atoms with Crippen LogP contribution in [0, 0.1) is 6.92 Å². The van der Waals surface area contributed by atoms with Crippen molar-refractivity contribution >= 4 is 18.1 Å². The van der Waals surface area contributed by atoms with Gasteiger partial charge in [-0.1, -0.05) is 44.2 Å². The van der Waals surface area contributed by atoms with E-state index in [1.54, 1.807) is 41.5 Å². The predicted molar refractivity (Wildman–Crippen MR) is 166 cm³/mol. The molecule has 2 aromatic rings. The summed E-state index contributed by atoms with van der Waals surface area (Å²) in [6, 6.07) is 4.80. The molecule has 12 heteroatoms. The van der Waals surface area contributed by atoms with Crippen LogP contribution in [0.1, 0.15) is 111 Å². The molecule has 0 bridgehead atoms. The molecule has 2 atom stereocenters. The summed E-state index contributed by atoms with van der Waals surface area (Å²) in [6.45, 7) is 15.4. The minimum atomic E-state index is -0.938. The van der Waals surface area contributed by atoms with Crippen molar-refractivity contribution in [1.82, 2.24) is 20.4 Å². The number of ether oxygens (including phenoxy) is 3. The Morgan fingerprint density at radius 1 is 1.07 bits per heavy atom. The van der Waals surface area contributed by atoms with E-state index in [1.807, 2.05) is 25.1 Å². The molecule has 3 rings (SSSR count). The molecule has 0 aliphatic carbocycles. The van der Waals surface area contributed by atoms with Crippen molar-refractivity contribution < 1.29 is 33.4 Å². The molecule has 2 heterocycles. The molecular weight excluding hydrogens is 566 g/mol. The van der Waals surface area contributed by atoms with E-state index in [0.717, 1.165) is 29.7 Å². The van der Waals surface area contributed by atoms with Gasteiger partial charge in [-0.05, 0) is 85.1 Å². The number of aliphatic imine (C=N–C) groups is 1. The summed E-state index contributed by atoms with van der Waals surface area (Å²) >= 11 is 0. The zero-order valence-corrected chi connectivity index (χ0v) is 27.4. The van der Waals surface area contributed by atoms with Crippen molar-refractivity contribution in [1.29, 1.82) is 0 Å². The van der Waals surface area contributed by atoms with E-state index < -0.39 is 35.5 Å². The number of aromatic nitrogens is 2. The molecule has 1 aliphatic heterocycles. The van der Waals surface area contributed by atoms with Gasteiger partial charge >= 0.3 is 12.2 Å². The number of carbonyl (C=O) groups is 2. The number of aryl methyl sites for hydroxylation is 1. The molecule has 0 radical (unpaired) electrons. The number of hydrogen-bond acceptors (Lipinski definition) is 9. The third-order valence-electron chi connectivity index (χ3n) is 6.72. The zero-order chi connectivity index (χ0) is 32.5. The molecule has 0 unspecified atom stereocenters. The number of carbonyl (C=O) groups excluding carboxylic acids is 2. The molecule has 2 N–H and O–H groups in total. The quantitative estimate of drug-likeness (QED) is 0.168. The fraction of sp³-hybridized carbons (Fsp3) is 0.656. The Bertz CT molecular complexity index is 1280. The number of unbranched alkanes of at least 4 members (excludes halogenated alkanes) is 5. The minimum Gasteiger partial charge on any atom is -0.493 e. The van der Waals surface area contributed by atoms with Crippen LogP contribution in [0.5, 0.6) is 5.75 Å². The first-order valence-electron chi connectivity index (χ1n) is 15.5. The van der Waals surface area contributed by atoms with Crippen molar-refractivity contribution in [2.24, 2.45) is 4.99 Å². The van der Waals surface area contributed by atoms with Crippen molar-refractivity contribution in [3.63, 3.8) is 0 Å². The number of aliphatic hydroxyl groups is 1. The van der Waals surface area contributed by atoms with Crippen LogP contribution in [-0.2, 0) is 9.47 Å². The second-order valence-electron chi connectivity index (χ2n) is 13.1. The SMILES string of the molecule is CCCCCCCCOc1ccc(-c2noc([C@@H]3[C@H](O)CCN3C(=NC(=O)OC(C)(C)C)NC(=O)OC(C)(C)C)n2)cc1C. The van der Waals surface area contributed by atoms with Crippen LogP contribution >= 0.6 is 0 Å². The normalized spacial score (nSPS) is 17.5. The fourth-order valence-corrected chi connectivity index (χ4v) is 4.73. The summed E-state index contributed by atoms with van der Waals surface area (Å²) < 4.78 is 22.3. The van der Waals surface area contributed by atoms with Gasteiger partial charge in [-0.25, -0.2) is 9.59 Å². The number of nitrogens with zero attached hydrogens (tertiary/aromatic N) is 4. The van der Waals surface area contributed by atoms with Crippen LogP contribution in [-0.4, -0.2) is 68.8 Å². The van der Waals surface area contributed by atoms with Crippen LogP contribution in [0.4, 0.5) is 9.59 Å². The number of likely N-dealkylation sites (tertiary alicyclic amines) is 1. The molecule has 1 aliphatic rings. The van der Waals surface area contributed by atoms with Gasteiger partial charge in [0.05, 0.1) is 12.7 Å². The van der Waals surface area contributed by atoms with Gasteiger partial charge in [0.2, 0.25) is 11.8 Å². The number of hydrogen-bond donors (Lipinski definition) is 2. The first-order valence-corrected chi connectivity index (χ1v) is 15.5. The molecule has 2 amide bonds. The Morgan fingerprint density at radius 3 is 2.41 bits per heavy atom. The zero-order valence-electron chi connectivity index (χ0n) is 27.4. The lowest BCUT2D eigenvalue weighted by molar-refractivity contribution is 0.0546. The summed E-state index contributed by atoms with van der Waals surface area (Å²) in [4.78, 5) is 35.4. The van der Waals surface area contributed by atoms with Crippen molar-refractivity contribution in [2.45, 2.75) is 124 Å². The largest absolute Gasteiger partial charge is 0.493 e. The number of benzene rings is 1. The summed E-state index contributed by atoms with van der Waals surface area (Å²) in [6.07, 6.45) is 4.81. The third kappa shape index (κ3) is 10.8. The Kier molecular flexibility index (Phi) is 12.2. The number of amides is 2. The molecule has 1 saturated heterocycles. The van der Waals surface area contributed by atoms with Gasteiger partial charge in [0.15, 0.2) is 0 Å². The maximum Gasteiger partial charge on any atom is 0.437 e. The monoisotopic (exact) mass is 615 g/mol. The molecule has 12 nitrogen and oxygen atoms in total. The topological polar surface area (TPSA) is 149 Å². The van der Waals surface area contributed by atoms with E-state index in [9.17, 15) is 14.7 Å². The predicted octanol–water partition coefficient (Wildman–Crippen LogP) is 6.71. The first-order chi connectivity index (χ1) is 20.7. The van der Waals surface area contributed by atoms with Crippen LogP contribution < -0.4 is 10.1 Å². The van der Waals surface area contributed by atoms with Gasteiger partial charge < -0.3 is 28.7 Å². The van der Waals surface area contributed by atoms with Crippen LogP contribution in [0.3, 0.4) is 0 Å². The second-order valence-corrected chi connectivity index (χ2v) is 13.1. The number of aliphatic hydroxyl groups excluding tert-OH is 1. The van der Waals surface area contributed by atoms with Crippen molar-refractivity contribution in [3.8, 4) is 17.1 Å². The van der Waals surface area contributed by atoms with E-state index in [0.29, 0.717) is 18.9 Å². The average molecular weight is 616 g/mol. The summed E-state index contributed by atoms with van der Waals surface area (Å²) in [5.41, 5.74) is 0.0589. The lowest BCUT2D eigenvalue weighted by Gasteiger charge is -2.28. The summed E-state index contributed by atoms with van der Waals surface area (Å²) in [5, 5.41) is 17.6. The molecule has 0 spiro atoms. The number of rotatable bonds is 10. The van der Waals surface area contributed by atoms with E-state index in [2.05, 4.69) is 27.4 Å². The van der Waals surface area contributed by atoms with Gasteiger partial charge in [-0.2, -0.15) is 4.98 Å². The molecule has 244 valence electrons. The van der Waals surface area contributed by atoms with Gasteiger partial charge in [-0.15, -0.1) is 4.99 Å². The van der Waals surface area contributed by atoms with Crippen LogP contribution in [0.25, 0.3) is 11.4 Å². The number of alkyl carbamates (subject to hydrolysis) is 1. The highest BCUT2D eigenvalue weighted by atomic mass is 16.6. The fourth-order valence-electron chi connectivity index (χ4n) is 4.73. The maximum absolute atomic E-state index is 12.7. The third-order valence-corrected chi connectivity index (χ3v) is 6.72. The molecule has 1 aromatic carbocycles. The summed E-state index contributed by atoms with van der Waals surface area (Å²) in [5.74, 6) is 1.08. The van der Waals surface area contributed by atoms with Gasteiger partial charge in [0.25, 0.3) is 5.89 Å². The highest BCUT2D eigenvalue weighted by molar-refractivity contribution is 5.99. The molecule has 1 fully saturated rings. The number of guanidine groups is 1. The van der Waals surface area contributed by atoms with Crippen molar-refractivity contribution in [2.75, 3.05) is 13.2 Å². The number of nitrogens with one attached hydrogen (secondary N) is 1. The summed E-state index contributed by atoms with van der Waals surface area (Å²) in [7, 11) is 0. The Balaban J connectivity index is 1.78. The first kappa shape index (κ1) is 34.8.